The molecule has 2 aliphatic rings. The van der Waals surface area contributed by atoms with Gasteiger partial charge in [0.1, 0.15) is 0 Å². The van der Waals surface area contributed by atoms with Crippen molar-refractivity contribution in [3.05, 3.63) is 156 Å². The van der Waals surface area contributed by atoms with Gasteiger partial charge in [-0.25, -0.2) is 12.2 Å². The van der Waals surface area contributed by atoms with E-state index >= 15 is 0 Å². The number of rotatable bonds is 1. The summed E-state index contributed by atoms with van der Waals surface area (Å²) in [6, 6.07) is 41.6. The van der Waals surface area contributed by atoms with Crippen LogP contribution in [0, 0.1) is 24.3 Å². The Kier molecular flexibility index (Phi) is 14.6. The summed E-state index contributed by atoms with van der Waals surface area (Å²) < 4.78 is 0. The van der Waals surface area contributed by atoms with Crippen LogP contribution in [0.3, 0.4) is 0 Å². The summed E-state index contributed by atoms with van der Waals surface area (Å²) in [4.78, 5) is 0. The Bertz CT molecular complexity index is 1020. The molecule has 6 rings (SSSR count). The van der Waals surface area contributed by atoms with Crippen molar-refractivity contribution in [1.82, 2.24) is 0 Å². The van der Waals surface area contributed by atoms with Crippen LogP contribution in [0.5, 0.6) is 0 Å². The number of benzene rings is 4. The van der Waals surface area contributed by atoms with Crippen LogP contribution in [0.15, 0.2) is 115 Å². The first-order valence-corrected chi connectivity index (χ1v) is 15.5. The molecule has 0 heterocycles. The molecule has 2 heteroatoms. The van der Waals surface area contributed by atoms with Crippen LogP contribution in [0.1, 0.15) is 30.0 Å². The molecule has 4 aromatic rings. The third-order valence-electron chi connectivity index (χ3n) is 4.94. The van der Waals surface area contributed by atoms with E-state index in [1.165, 1.54) is 51.2 Å². The van der Waals surface area contributed by atoms with Crippen molar-refractivity contribution in [2.24, 2.45) is 0 Å². The van der Waals surface area contributed by atoms with E-state index < -0.39 is 0 Å². The summed E-state index contributed by atoms with van der Waals surface area (Å²) in [5, 5.41) is 0. The van der Waals surface area contributed by atoms with Gasteiger partial charge in [0, 0.05) is 0 Å². The third kappa shape index (κ3) is 10.2. The molecule has 0 amide bonds. The molecule has 0 saturated heterocycles. The fraction of sp³-hybridized carbons (Fsp3) is 0.125. The average molecular weight is 532 g/mol. The maximum absolute atomic E-state index is 3.52. The van der Waals surface area contributed by atoms with Crippen molar-refractivity contribution >= 4 is 6.88 Å². The summed E-state index contributed by atoms with van der Waals surface area (Å²) in [5.74, 6) is 0. The Balaban J connectivity index is 0.000000178. The van der Waals surface area contributed by atoms with E-state index in [1.54, 1.807) is 0 Å². The molecule has 168 valence electrons. The summed E-state index contributed by atoms with van der Waals surface area (Å²) in [7, 11) is 0. The maximum atomic E-state index is 3.52. The van der Waals surface area contributed by atoms with Crippen LogP contribution in [-0.2, 0) is 36.2 Å². The number of allylic oxidation sites excluding steroid dienone is 4. The second-order valence-corrected chi connectivity index (χ2v) is 7.22. The molecule has 0 saturated carbocycles. The van der Waals surface area contributed by atoms with Gasteiger partial charge in [0.15, 0.2) is 0 Å². The molecule has 34 heavy (non-hydrogen) atoms. The predicted molar refractivity (Wildman–Crippen MR) is 141 cm³/mol. The molecule has 0 bridgehead atoms. The molecule has 0 unspecified atom stereocenters. The molecule has 0 aromatic heterocycles. The Morgan fingerprint density at radius 3 is 1.85 bits per heavy atom. The van der Waals surface area contributed by atoms with E-state index in [2.05, 4.69) is 80.6 Å². The Labute approximate surface area is 222 Å². The predicted octanol–water partition coefficient (Wildman–Crippen LogP) is 7.52. The van der Waals surface area contributed by atoms with Gasteiger partial charge in [0.05, 0.1) is 0 Å². The first-order valence-electron chi connectivity index (χ1n) is 11.3. The summed E-state index contributed by atoms with van der Waals surface area (Å²) >= 11 is 1.36. The maximum Gasteiger partial charge on any atom is -0.171 e. The van der Waals surface area contributed by atoms with Gasteiger partial charge in [-0.3, -0.25) is 6.08 Å². The van der Waals surface area contributed by atoms with Crippen LogP contribution in [0.2, 0.25) is 0 Å². The largest absolute Gasteiger partial charge is 0.184 e. The zero-order valence-electron chi connectivity index (χ0n) is 19.6. The molecule has 2 aliphatic carbocycles. The normalized spacial score (nSPS) is 10.9. The van der Waals surface area contributed by atoms with E-state index in [4.69, 9.17) is 0 Å². The monoisotopic (exact) mass is 530 g/mol. The van der Waals surface area contributed by atoms with Gasteiger partial charge in [-0.15, -0.1) is 17.5 Å². The Morgan fingerprint density at radius 1 is 0.765 bits per heavy atom. The van der Waals surface area contributed by atoms with Gasteiger partial charge < -0.3 is 0 Å². The van der Waals surface area contributed by atoms with Crippen LogP contribution in [-0.4, -0.2) is 6.88 Å². The van der Waals surface area contributed by atoms with E-state index in [-0.39, 0.29) is 0 Å². The van der Waals surface area contributed by atoms with Crippen LogP contribution in [0.4, 0.5) is 0 Å². The van der Waals surface area contributed by atoms with Gasteiger partial charge >= 0.3 is 30.2 Å². The van der Waals surface area contributed by atoms with E-state index in [0.717, 1.165) is 19.3 Å². The molecule has 2 radical (unpaired) electrons. The van der Waals surface area contributed by atoms with Gasteiger partial charge in [-0.1, -0.05) is 48.7 Å². The smallest absolute Gasteiger partial charge is 0.171 e. The van der Waals surface area contributed by atoms with Crippen molar-refractivity contribution in [1.29, 1.82) is 0 Å². The molecule has 0 aliphatic heterocycles. The fourth-order valence-electron chi connectivity index (χ4n) is 3.34. The van der Waals surface area contributed by atoms with Gasteiger partial charge in [0.2, 0.25) is 0 Å². The standard InChI is InChI=1S/C15H13.2C6H5.C5H5.Si.Zr/c1-2-11-7-8-15-13(9-11)10-12-5-3-4-6-14(12)15;2*1-2-4-6-5-3-1;1-2-4-5-3-1;;/h3-8H,2,10H2,1H3;2*1-5H;1-3H,4H2;;/q4*-1;;. The van der Waals surface area contributed by atoms with Crippen LogP contribution >= 0.6 is 0 Å². The minimum absolute atomic E-state index is 1.01. The summed E-state index contributed by atoms with van der Waals surface area (Å²) in [5.41, 5.74) is 6.91. The first kappa shape index (κ1) is 27.7. The number of aryl methyl sites for hydroxylation is 1. The topological polar surface area (TPSA) is 0 Å². The minimum atomic E-state index is 1.01. The SMILES string of the molecule is CCc1[c-]c2c(cc1)-c1ccccc1C2.[C-]1=CC=CC1.[Si]=[Zr].[c-]1ccccc1.[c-]1ccccc1. The molecule has 4 aromatic carbocycles. The molecule has 0 spiro atoms. The second kappa shape index (κ2) is 17.9. The van der Waals surface area contributed by atoms with Gasteiger partial charge in [-0.2, -0.15) is 103 Å². The third-order valence-corrected chi connectivity index (χ3v) is 4.94. The van der Waals surface area contributed by atoms with Crippen molar-refractivity contribution in [2.75, 3.05) is 0 Å². The fourth-order valence-corrected chi connectivity index (χ4v) is 3.34. The molecular weight excluding hydrogens is 504 g/mol. The molecule has 0 fully saturated rings. The zero-order valence-corrected chi connectivity index (χ0v) is 23.0. The van der Waals surface area contributed by atoms with Crippen molar-refractivity contribution in [2.45, 2.75) is 26.2 Å². The summed E-state index contributed by atoms with van der Waals surface area (Å²) in [6.45, 7) is 5.24. The van der Waals surface area contributed by atoms with E-state index in [0.29, 0.717) is 0 Å². The van der Waals surface area contributed by atoms with E-state index in [1.807, 2.05) is 72.8 Å². The number of fused-ring (bicyclic) bond motifs is 3. The number of hydrogen-bond donors (Lipinski definition) is 0. The quantitative estimate of drug-likeness (QED) is 0.155. The zero-order chi connectivity index (χ0) is 24.3. The molecule has 0 nitrogen and oxygen atoms in total. The van der Waals surface area contributed by atoms with Gasteiger partial charge in [-0.05, 0) is 6.42 Å². The minimum Gasteiger partial charge on any atom is -0.184 e. The van der Waals surface area contributed by atoms with Crippen molar-refractivity contribution in [3.8, 4) is 11.1 Å². The van der Waals surface area contributed by atoms with E-state index in [9.17, 15) is 0 Å². The average Bonchev–Trinajstić information content (AvgIpc) is 3.64. The van der Waals surface area contributed by atoms with Crippen LogP contribution < -0.4 is 0 Å². The number of hydrogen-bond acceptors (Lipinski definition) is 0. The Hall–Kier alpha value is -2.54. The van der Waals surface area contributed by atoms with Crippen LogP contribution in [0.25, 0.3) is 11.1 Å². The van der Waals surface area contributed by atoms with Gasteiger partial charge in [0.25, 0.3) is 0 Å². The second-order valence-electron chi connectivity index (χ2n) is 7.22. The van der Waals surface area contributed by atoms with Crippen molar-refractivity contribution < 1.29 is 23.3 Å². The Morgan fingerprint density at radius 2 is 1.41 bits per heavy atom. The molecular formula is C32H28SiZr-4. The molecule has 0 N–H and O–H groups in total. The first-order chi connectivity index (χ1) is 16.9. The van der Waals surface area contributed by atoms with Crippen molar-refractivity contribution in [3.63, 3.8) is 0 Å². The summed E-state index contributed by atoms with van der Waals surface area (Å²) in [6.07, 6.45) is 12.1. The molecule has 0 atom stereocenters.